The van der Waals surface area contributed by atoms with Crippen LogP contribution in [0.2, 0.25) is 0 Å². The number of aliphatic hydroxyl groups is 1. The number of unbranched alkanes of at least 4 members (excludes halogenated alkanes) is 12. The van der Waals surface area contributed by atoms with Gasteiger partial charge in [-0.2, -0.15) is 0 Å². The number of allylic oxidation sites excluding steroid dienone is 8. The molecule has 0 bridgehead atoms. The number of nitrogens with one attached hydrogen (secondary N) is 1. The Bertz CT molecular complexity index is 1040. The van der Waals surface area contributed by atoms with Crippen molar-refractivity contribution in [2.75, 3.05) is 19.8 Å². The Labute approximate surface area is 301 Å². The highest BCUT2D eigenvalue weighted by Gasteiger charge is 2.28. The summed E-state index contributed by atoms with van der Waals surface area (Å²) in [7, 11) is -4.76. The molecule has 0 aliphatic heterocycles. The number of phosphoric acid groups is 1. The molecule has 0 aromatic carbocycles. The van der Waals surface area contributed by atoms with Crippen LogP contribution in [-0.4, -0.2) is 64.9 Å². The van der Waals surface area contributed by atoms with Gasteiger partial charge in [0, 0.05) is 12.8 Å². The fourth-order valence-corrected chi connectivity index (χ4v) is 5.45. The van der Waals surface area contributed by atoms with Gasteiger partial charge in [-0.1, -0.05) is 107 Å². The number of aliphatic hydroxyl groups excluding tert-OH is 1. The van der Waals surface area contributed by atoms with Crippen LogP contribution < -0.4 is 5.32 Å². The number of ether oxygens (including phenoxy) is 1. The predicted octanol–water partition coefficient (Wildman–Crippen LogP) is 8.66. The molecule has 0 heterocycles. The van der Waals surface area contributed by atoms with Gasteiger partial charge in [-0.3, -0.25) is 18.6 Å². The van der Waals surface area contributed by atoms with E-state index in [1.807, 2.05) is 0 Å². The molecule has 0 saturated carbocycles. The summed E-state index contributed by atoms with van der Waals surface area (Å²) in [5.74, 6) is -2.43. The monoisotopic (exact) mass is 727 g/mol. The molecule has 0 fully saturated rings. The molecule has 0 aromatic rings. The van der Waals surface area contributed by atoms with Gasteiger partial charge in [0.2, 0.25) is 5.91 Å². The molecule has 11 nitrogen and oxygen atoms in total. The van der Waals surface area contributed by atoms with Gasteiger partial charge in [0.15, 0.2) is 6.04 Å². The van der Waals surface area contributed by atoms with Crippen molar-refractivity contribution >= 4 is 25.7 Å². The fraction of sp³-hybridized carbons (Fsp3) is 0.711. The second kappa shape index (κ2) is 33.6. The third-order valence-electron chi connectivity index (χ3n) is 7.60. The Balaban J connectivity index is 4.03. The molecular formula is C38H66NO10P. The van der Waals surface area contributed by atoms with Crippen molar-refractivity contribution in [1.29, 1.82) is 0 Å². The molecule has 12 heteroatoms. The number of carbonyl (C=O) groups is 3. The third kappa shape index (κ3) is 32.6. The lowest BCUT2D eigenvalue weighted by Gasteiger charge is -2.18. The molecule has 0 aliphatic rings. The zero-order valence-electron chi connectivity index (χ0n) is 30.7. The maximum atomic E-state index is 12.2. The van der Waals surface area contributed by atoms with Crippen molar-refractivity contribution in [3.05, 3.63) is 48.6 Å². The molecular weight excluding hydrogens is 661 g/mol. The van der Waals surface area contributed by atoms with Gasteiger partial charge >= 0.3 is 19.8 Å². The van der Waals surface area contributed by atoms with Crippen molar-refractivity contribution < 1.29 is 47.8 Å². The van der Waals surface area contributed by atoms with Crippen molar-refractivity contribution in [3.8, 4) is 0 Å². The summed E-state index contributed by atoms with van der Waals surface area (Å²) in [5, 5.41) is 21.7. The number of carboxylic acids is 1. The maximum absolute atomic E-state index is 12.2. The van der Waals surface area contributed by atoms with Gasteiger partial charge in [0.05, 0.1) is 13.2 Å². The highest BCUT2D eigenvalue weighted by atomic mass is 31.2. The molecule has 0 aliphatic carbocycles. The van der Waals surface area contributed by atoms with E-state index in [9.17, 15) is 34.1 Å². The number of phosphoric ester groups is 1. The van der Waals surface area contributed by atoms with Crippen LogP contribution in [0.5, 0.6) is 0 Å². The number of carbonyl (C=O) groups excluding carboxylic acids is 2. The van der Waals surface area contributed by atoms with Crippen molar-refractivity contribution in [2.24, 2.45) is 0 Å². The van der Waals surface area contributed by atoms with Gasteiger partial charge in [-0.15, -0.1) is 0 Å². The molecule has 3 atom stereocenters. The Morgan fingerprint density at radius 3 is 1.78 bits per heavy atom. The highest BCUT2D eigenvalue weighted by Crippen LogP contribution is 2.43. The summed E-state index contributed by atoms with van der Waals surface area (Å²) in [5.41, 5.74) is 0. The number of aliphatic carboxylic acids is 1. The van der Waals surface area contributed by atoms with Crippen LogP contribution in [-0.2, 0) is 32.7 Å². The minimum absolute atomic E-state index is 0.132. The molecule has 0 rings (SSSR count). The summed E-state index contributed by atoms with van der Waals surface area (Å²) in [6.45, 7) is 2.39. The Hall–Kier alpha value is -2.56. The average molecular weight is 728 g/mol. The highest BCUT2D eigenvalue weighted by molar-refractivity contribution is 7.47. The van der Waals surface area contributed by atoms with Gasteiger partial charge in [-0.25, -0.2) is 9.36 Å². The zero-order chi connectivity index (χ0) is 37.1. The number of amides is 1. The number of esters is 1. The van der Waals surface area contributed by atoms with Gasteiger partial charge < -0.3 is 25.2 Å². The first-order valence-electron chi connectivity index (χ1n) is 18.7. The first kappa shape index (κ1) is 47.4. The molecule has 50 heavy (non-hydrogen) atoms. The lowest BCUT2D eigenvalue weighted by molar-refractivity contribution is -0.147. The summed E-state index contributed by atoms with van der Waals surface area (Å²) in [6.07, 6.45) is 34.3. The van der Waals surface area contributed by atoms with Crippen LogP contribution in [0.4, 0.5) is 0 Å². The van der Waals surface area contributed by atoms with E-state index >= 15 is 0 Å². The topological polar surface area (TPSA) is 169 Å². The standard InChI is InChI=1S/C38H66NO10P/c1-3-5-7-9-11-13-15-17-19-21-23-25-27-29-36(41)39-35(38(43)44)33-49-50(45,46)48-32-34(40)31-47-37(42)30-28-26-24-22-20-18-16-14-12-10-8-6-4-2/h6,8,12-15,18,20,34-35,40H,3-5,7,9-11,16-17,19,21-33H2,1-2H3,(H,39,41)(H,43,44)(H,45,46)/b8-6-,14-12-,15-13-,20-18-. The number of carboxylic acid groups (broad SMARTS) is 1. The lowest BCUT2D eigenvalue weighted by Crippen LogP contribution is -2.43. The summed E-state index contributed by atoms with van der Waals surface area (Å²) < 4.78 is 26.7. The first-order valence-corrected chi connectivity index (χ1v) is 20.2. The molecule has 288 valence electrons. The van der Waals surface area contributed by atoms with E-state index in [4.69, 9.17) is 13.8 Å². The molecule has 0 radical (unpaired) electrons. The number of hydrogen-bond donors (Lipinski definition) is 4. The van der Waals surface area contributed by atoms with Crippen LogP contribution in [0.15, 0.2) is 48.6 Å². The van der Waals surface area contributed by atoms with Gasteiger partial charge in [-0.05, 0) is 70.6 Å². The average Bonchev–Trinajstić information content (AvgIpc) is 3.08. The van der Waals surface area contributed by atoms with Crippen molar-refractivity contribution in [2.45, 2.75) is 154 Å². The summed E-state index contributed by atoms with van der Waals surface area (Å²) in [6, 6.07) is -1.55. The maximum Gasteiger partial charge on any atom is 0.472 e. The number of rotatable bonds is 34. The molecule has 4 N–H and O–H groups in total. The Kier molecular flexibility index (Phi) is 31.9. The van der Waals surface area contributed by atoms with Crippen molar-refractivity contribution in [1.82, 2.24) is 5.32 Å². The normalized spacial score (nSPS) is 14.5. The van der Waals surface area contributed by atoms with E-state index in [0.29, 0.717) is 12.8 Å². The predicted molar refractivity (Wildman–Crippen MR) is 199 cm³/mol. The quantitative estimate of drug-likeness (QED) is 0.0218. The molecule has 3 unspecified atom stereocenters. The van der Waals surface area contributed by atoms with Gasteiger partial charge in [0.25, 0.3) is 0 Å². The summed E-state index contributed by atoms with van der Waals surface area (Å²) in [4.78, 5) is 45.6. The summed E-state index contributed by atoms with van der Waals surface area (Å²) >= 11 is 0. The Morgan fingerprint density at radius 2 is 1.16 bits per heavy atom. The van der Waals surface area contributed by atoms with E-state index in [1.54, 1.807) is 0 Å². The van der Waals surface area contributed by atoms with E-state index in [2.05, 4.69) is 67.8 Å². The second-order valence-electron chi connectivity index (χ2n) is 12.4. The van der Waals surface area contributed by atoms with E-state index in [1.165, 1.54) is 25.7 Å². The molecule has 1 amide bonds. The van der Waals surface area contributed by atoms with Crippen LogP contribution in [0.3, 0.4) is 0 Å². The minimum Gasteiger partial charge on any atom is -0.480 e. The van der Waals surface area contributed by atoms with Gasteiger partial charge in [0.1, 0.15) is 12.7 Å². The largest absolute Gasteiger partial charge is 0.480 e. The number of hydrogen-bond acceptors (Lipinski definition) is 8. The third-order valence-corrected chi connectivity index (χ3v) is 8.55. The fourth-order valence-electron chi connectivity index (χ4n) is 4.67. The smallest absolute Gasteiger partial charge is 0.472 e. The van der Waals surface area contributed by atoms with E-state index in [0.717, 1.165) is 77.0 Å². The molecule has 0 spiro atoms. The Morgan fingerprint density at radius 1 is 0.660 bits per heavy atom. The minimum atomic E-state index is -4.76. The van der Waals surface area contributed by atoms with Crippen LogP contribution in [0, 0.1) is 0 Å². The van der Waals surface area contributed by atoms with E-state index < -0.39 is 57.6 Å². The SMILES string of the molecule is CC/C=C\C/C=C\C/C=C\CCCCCC(=O)OCC(O)COP(=O)(O)OCC(NC(=O)CCCCCCC/C=C\CCCCCC)C(=O)O. The zero-order valence-corrected chi connectivity index (χ0v) is 31.6. The molecule has 0 aromatic heterocycles. The van der Waals surface area contributed by atoms with Crippen LogP contribution in [0.1, 0.15) is 142 Å². The van der Waals surface area contributed by atoms with E-state index in [-0.39, 0.29) is 12.8 Å². The van der Waals surface area contributed by atoms with Crippen LogP contribution >= 0.6 is 7.82 Å². The van der Waals surface area contributed by atoms with Crippen LogP contribution in [0.25, 0.3) is 0 Å². The van der Waals surface area contributed by atoms with Crippen molar-refractivity contribution in [3.63, 3.8) is 0 Å². The lowest BCUT2D eigenvalue weighted by atomic mass is 10.1. The second-order valence-corrected chi connectivity index (χ2v) is 13.8. The molecule has 0 saturated heterocycles. The first-order chi connectivity index (χ1) is 24.1.